The van der Waals surface area contributed by atoms with E-state index in [2.05, 4.69) is 15.2 Å². The summed E-state index contributed by atoms with van der Waals surface area (Å²) in [5.74, 6) is -0.403. The molecule has 38 heavy (non-hydrogen) atoms. The zero-order chi connectivity index (χ0) is 27.0. The van der Waals surface area contributed by atoms with Gasteiger partial charge in [0.2, 0.25) is 5.91 Å². The number of fused-ring (bicyclic) bond motifs is 5. The largest absolute Gasteiger partial charge is 0.465 e. The summed E-state index contributed by atoms with van der Waals surface area (Å²) in [4.78, 5) is 38.7. The number of aromatic nitrogens is 1. The van der Waals surface area contributed by atoms with E-state index in [9.17, 15) is 14.4 Å². The van der Waals surface area contributed by atoms with Crippen molar-refractivity contribution in [2.75, 3.05) is 12.4 Å². The van der Waals surface area contributed by atoms with Gasteiger partial charge in [0.05, 0.1) is 30.6 Å². The molecule has 1 saturated carbocycles. The quantitative estimate of drug-likeness (QED) is 0.416. The van der Waals surface area contributed by atoms with Gasteiger partial charge in [-0.2, -0.15) is 0 Å². The van der Waals surface area contributed by atoms with Crippen molar-refractivity contribution < 1.29 is 23.9 Å². The van der Waals surface area contributed by atoms with Crippen molar-refractivity contribution in [3.8, 4) is 11.3 Å². The number of carbonyl (C=O) groups excluding carboxylic acids is 3. The molecular weight excluding hydrogens is 482 g/mol. The number of methoxy groups -OCH3 is 1. The van der Waals surface area contributed by atoms with Crippen LogP contribution in [0.3, 0.4) is 0 Å². The number of esters is 1. The Morgan fingerprint density at radius 3 is 2.50 bits per heavy atom. The highest BCUT2D eigenvalue weighted by Crippen LogP contribution is 2.46. The number of nitrogens with zero attached hydrogens (tertiary/aromatic N) is 1. The molecule has 1 fully saturated rings. The van der Waals surface area contributed by atoms with Crippen LogP contribution in [0, 0.1) is 0 Å². The molecule has 2 heterocycles. The molecule has 0 saturated heterocycles. The van der Waals surface area contributed by atoms with Gasteiger partial charge in [-0.1, -0.05) is 43.5 Å². The van der Waals surface area contributed by atoms with E-state index < -0.39 is 23.7 Å². The summed E-state index contributed by atoms with van der Waals surface area (Å²) >= 11 is 0. The van der Waals surface area contributed by atoms with Gasteiger partial charge in [-0.3, -0.25) is 4.79 Å². The Balaban J connectivity index is 1.73. The second-order valence-electron chi connectivity index (χ2n) is 11.2. The van der Waals surface area contributed by atoms with E-state index in [4.69, 9.17) is 9.47 Å². The second-order valence-corrected chi connectivity index (χ2v) is 11.2. The number of rotatable bonds is 3. The van der Waals surface area contributed by atoms with Crippen molar-refractivity contribution in [1.82, 2.24) is 9.88 Å². The molecule has 2 aliphatic rings. The monoisotopic (exact) mass is 517 g/mol. The molecule has 5 rings (SSSR count). The topological polar surface area (TPSA) is 98.7 Å². The minimum Gasteiger partial charge on any atom is -0.465 e. The molecule has 2 amide bonds. The number of anilines is 1. The third kappa shape index (κ3) is 4.99. The lowest BCUT2D eigenvalue weighted by Crippen LogP contribution is -2.48. The summed E-state index contributed by atoms with van der Waals surface area (Å²) < 4.78 is 12.6. The average Bonchev–Trinajstić information content (AvgIpc) is 3.19. The van der Waals surface area contributed by atoms with Gasteiger partial charge in [0.25, 0.3) is 0 Å². The van der Waals surface area contributed by atoms with Gasteiger partial charge in [-0.15, -0.1) is 0 Å². The number of nitrogens with one attached hydrogen (secondary N) is 2. The zero-order valence-electron chi connectivity index (χ0n) is 22.4. The Hall–Kier alpha value is -3.81. The van der Waals surface area contributed by atoms with Gasteiger partial charge in [-0.05, 0) is 63.3 Å². The van der Waals surface area contributed by atoms with Crippen LogP contribution in [0.1, 0.15) is 74.7 Å². The van der Waals surface area contributed by atoms with Gasteiger partial charge in [-0.25, -0.2) is 9.59 Å². The smallest absolute Gasteiger partial charge is 0.408 e. The van der Waals surface area contributed by atoms with E-state index in [0.717, 1.165) is 47.8 Å². The van der Waals surface area contributed by atoms with E-state index in [1.807, 2.05) is 36.4 Å². The van der Waals surface area contributed by atoms with Crippen LogP contribution in [-0.4, -0.2) is 41.3 Å². The Labute approximate surface area is 222 Å². The lowest BCUT2D eigenvalue weighted by molar-refractivity contribution is -0.118. The number of hydrogen-bond donors (Lipinski definition) is 2. The van der Waals surface area contributed by atoms with E-state index in [1.54, 1.807) is 26.8 Å². The molecule has 8 heteroatoms. The molecule has 0 spiro atoms. The molecule has 0 bridgehead atoms. The fourth-order valence-electron chi connectivity index (χ4n) is 5.75. The summed E-state index contributed by atoms with van der Waals surface area (Å²) in [5.41, 5.74) is 4.42. The first-order chi connectivity index (χ1) is 18.2. The van der Waals surface area contributed by atoms with Crippen molar-refractivity contribution in [2.24, 2.45) is 0 Å². The van der Waals surface area contributed by atoms with Crippen molar-refractivity contribution in [3.63, 3.8) is 0 Å². The van der Waals surface area contributed by atoms with Crippen molar-refractivity contribution in [3.05, 3.63) is 53.6 Å². The highest BCUT2D eigenvalue weighted by molar-refractivity contribution is 6.04. The first kappa shape index (κ1) is 25.8. The van der Waals surface area contributed by atoms with E-state index >= 15 is 0 Å². The van der Waals surface area contributed by atoms with Crippen molar-refractivity contribution >= 4 is 34.6 Å². The fraction of sp³-hybridized carbons (Fsp3) is 0.433. The third-order valence-corrected chi connectivity index (χ3v) is 7.35. The molecule has 2 N–H and O–H groups in total. The SMILES string of the molecule is COC(=O)c1ccc2c(C3CCCCC3)c3n(c2c1)CC(NC(=O)OC(C)(C)C)C(=O)Nc1ccccc1-3. The van der Waals surface area contributed by atoms with E-state index in [-0.39, 0.29) is 12.5 Å². The molecule has 2 aromatic carbocycles. The normalized spacial score (nSPS) is 18.0. The minimum atomic E-state index is -0.895. The number of benzene rings is 2. The minimum absolute atomic E-state index is 0.183. The lowest BCUT2D eigenvalue weighted by Gasteiger charge is -2.28. The maximum atomic E-state index is 13.4. The second kappa shape index (κ2) is 10.2. The van der Waals surface area contributed by atoms with Crippen LogP contribution in [0.15, 0.2) is 42.5 Å². The zero-order valence-corrected chi connectivity index (χ0v) is 22.4. The van der Waals surface area contributed by atoms with E-state index in [0.29, 0.717) is 17.2 Å². The van der Waals surface area contributed by atoms with Crippen LogP contribution >= 0.6 is 0 Å². The number of ether oxygens (including phenoxy) is 2. The standard InChI is InChI=1S/C30H35N3O5/c1-30(2,3)38-29(36)32-23-17-33-24-16-19(28(35)37-4)14-15-21(24)25(18-10-6-5-7-11-18)26(33)20-12-8-9-13-22(20)31-27(23)34/h8-9,12-16,18,23H,5-7,10-11,17H2,1-4H3,(H,31,34)(H,32,36). The Morgan fingerprint density at radius 2 is 1.79 bits per heavy atom. The molecular formula is C30H35N3O5. The van der Waals surface area contributed by atoms with Gasteiger partial charge in [0.1, 0.15) is 11.6 Å². The van der Waals surface area contributed by atoms with Crippen LogP contribution in [0.25, 0.3) is 22.2 Å². The predicted octanol–water partition coefficient (Wildman–Crippen LogP) is 5.99. The van der Waals surface area contributed by atoms with Crippen LogP contribution in [0.2, 0.25) is 0 Å². The number of carbonyl (C=O) groups is 3. The number of amides is 2. The highest BCUT2D eigenvalue weighted by Gasteiger charge is 2.33. The van der Waals surface area contributed by atoms with Gasteiger partial charge in [0.15, 0.2) is 0 Å². The summed E-state index contributed by atoms with van der Waals surface area (Å²) in [6.45, 7) is 5.53. The van der Waals surface area contributed by atoms with Crippen molar-refractivity contribution in [1.29, 1.82) is 0 Å². The Morgan fingerprint density at radius 1 is 1.05 bits per heavy atom. The molecule has 1 aliphatic carbocycles. The summed E-state index contributed by atoms with van der Waals surface area (Å²) in [6.07, 6.45) is 5.06. The first-order valence-electron chi connectivity index (χ1n) is 13.3. The number of para-hydroxylation sites is 1. The average molecular weight is 518 g/mol. The van der Waals surface area contributed by atoms with Crippen LogP contribution in [0.4, 0.5) is 10.5 Å². The molecule has 1 aliphatic heterocycles. The molecule has 1 aromatic heterocycles. The predicted molar refractivity (Wildman–Crippen MR) is 146 cm³/mol. The molecule has 8 nitrogen and oxygen atoms in total. The number of hydrogen-bond acceptors (Lipinski definition) is 5. The van der Waals surface area contributed by atoms with E-state index in [1.165, 1.54) is 19.1 Å². The van der Waals surface area contributed by atoms with Crippen LogP contribution < -0.4 is 10.6 Å². The maximum Gasteiger partial charge on any atom is 0.408 e. The molecule has 200 valence electrons. The molecule has 3 aromatic rings. The van der Waals surface area contributed by atoms with Crippen LogP contribution in [0.5, 0.6) is 0 Å². The fourth-order valence-corrected chi connectivity index (χ4v) is 5.75. The lowest BCUT2D eigenvalue weighted by atomic mass is 9.81. The summed E-state index contributed by atoms with van der Waals surface area (Å²) in [7, 11) is 1.37. The molecule has 1 atom stereocenters. The molecule has 0 radical (unpaired) electrons. The van der Waals surface area contributed by atoms with Gasteiger partial charge in [0, 0.05) is 16.5 Å². The first-order valence-corrected chi connectivity index (χ1v) is 13.3. The van der Waals surface area contributed by atoms with Gasteiger partial charge < -0.3 is 24.7 Å². The maximum absolute atomic E-state index is 13.4. The van der Waals surface area contributed by atoms with Crippen LogP contribution in [-0.2, 0) is 20.8 Å². The number of alkyl carbamates (subject to hydrolysis) is 1. The Bertz CT molecular complexity index is 1390. The molecule has 1 unspecified atom stereocenters. The summed E-state index contributed by atoms with van der Waals surface area (Å²) in [6, 6.07) is 12.5. The van der Waals surface area contributed by atoms with Gasteiger partial charge >= 0.3 is 12.1 Å². The van der Waals surface area contributed by atoms with Crippen molar-refractivity contribution in [2.45, 2.75) is 77.0 Å². The summed E-state index contributed by atoms with van der Waals surface area (Å²) in [5, 5.41) is 6.87. The third-order valence-electron chi connectivity index (χ3n) is 7.35. The Kier molecular flexibility index (Phi) is 6.90. The highest BCUT2D eigenvalue weighted by atomic mass is 16.6.